The van der Waals surface area contributed by atoms with Gasteiger partial charge in [0.2, 0.25) is 0 Å². The molecule has 0 amide bonds. The lowest BCUT2D eigenvalue weighted by Gasteiger charge is -2.44. The third-order valence-electron chi connectivity index (χ3n) is 9.06. The highest BCUT2D eigenvalue weighted by Crippen LogP contribution is 2.59. The van der Waals surface area contributed by atoms with E-state index in [1.807, 2.05) is 0 Å². The Labute approximate surface area is 206 Å². The van der Waals surface area contributed by atoms with Crippen molar-refractivity contribution in [1.29, 1.82) is 0 Å². The van der Waals surface area contributed by atoms with Gasteiger partial charge in [-0.05, 0) is 97.3 Å². The van der Waals surface area contributed by atoms with Crippen LogP contribution in [0.4, 0.5) is 0 Å². The predicted molar refractivity (Wildman–Crippen MR) is 140 cm³/mol. The van der Waals surface area contributed by atoms with Crippen molar-refractivity contribution in [3.8, 4) is 5.75 Å². The molecule has 2 N–H and O–H groups in total. The fourth-order valence-corrected chi connectivity index (χ4v) is 6.95. The van der Waals surface area contributed by atoms with Crippen molar-refractivity contribution in [2.45, 2.75) is 90.8 Å². The Kier molecular flexibility index (Phi) is 7.74. The highest BCUT2D eigenvalue weighted by atomic mass is 16.5. The molecular formula is C31H44O3. The van der Waals surface area contributed by atoms with Gasteiger partial charge >= 0.3 is 0 Å². The second-order valence-electron chi connectivity index (χ2n) is 11.7. The van der Waals surface area contributed by atoms with Crippen LogP contribution in [0.1, 0.15) is 84.1 Å². The first kappa shape index (κ1) is 25.3. The third kappa shape index (κ3) is 5.21. The molecule has 3 heteroatoms. The van der Waals surface area contributed by atoms with Crippen LogP contribution < -0.4 is 4.74 Å². The van der Waals surface area contributed by atoms with Crippen LogP contribution in [-0.2, 0) is 0 Å². The molecule has 4 rings (SSSR count). The topological polar surface area (TPSA) is 49.7 Å². The van der Waals surface area contributed by atoms with Crippen LogP contribution in [0.2, 0.25) is 0 Å². The zero-order valence-corrected chi connectivity index (χ0v) is 21.6. The molecule has 0 aromatic heterocycles. The van der Waals surface area contributed by atoms with E-state index < -0.39 is 12.2 Å². The van der Waals surface area contributed by atoms with E-state index in [0.29, 0.717) is 47.5 Å². The van der Waals surface area contributed by atoms with E-state index in [2.05, 4.69) is 70.7 Å². The molecule has 3 saturated carbocycles. The number of aliphatic hydroxyl groups is 2. The quantitative estimate of drug-likeness (QED) is 0.447. The second kappa shape index (κ2) is 10.4. The highest BCUT2D eigenvalue weighted by molar-refractivity contribution is 5.31. The summed E-state index contributed by atoms with van der Waals surface area (Å²) in [6, 6.07) is 8.57. The predicted octanol–water partition coefficient (Wildman–Crippen LogP) is 6.97. The second-order valence-corrected chi connectivity index (χ2v) is 11.7. The number of rotatable bonds is 6. The van der Waals surface area contributed by atoms with Crippen molar-refractivity contribution >= 4 is 0 Å². The molecular weight excluding hydrogens is 420 g/mol. The van der Waals surface area contributed by atoms with Crippen LogP contribution in [-0.4, -0.2) is 29.0 Å². The van der Waals surface area contributed by atoms with E-state index >= 15 is 0 Å². The molecule has 0 bridgehead atoms. The summed E-state index contributed by atoms with van der Waals surface area (Å²) in [5.74, 6) is 3.32. The van der Waals surface area contributed by atoms with E-state index in [9.17, 15) is 10.2 Å². The highest BCUT2D eigenvalue weighted by Gasteiger charge is 2.50. The Balaban J connectivity index is 1.42. The summed E-state index contributed by atoms with van der Waals surface area (Å²) in [4.78, 5) is 0. The van der Waals surface area contributed by atoms with Crippen LogP contribution in [0, 0.1) is 23.2 Å². The van der Waals surface area contributed by atoms with Gasteiger partial charge in [-0.1, -0.05) is 69.7 Å². The molecule has 0 radical (unpaired) electrons. The van der Waals surface area contributed by atoms with E-state index in [4.69, 9.17) is 4.74 Å². The summed E-state index contributed by atoms with van der Waals surface area (Å²) in [5.41, 5.74) is 4.91. The van der Waals surface area contributed by atoms with Gasteiger partial charge in [-0.15, -0.1) is 0 Å². The first-order valence-corrected chi connectivity index (χ1v) is 13.3. The third-order valence-corrected chi connectivity index (χ3v) is 9.06. The van der Waals surface area contributed by atoms with Crippen molar-refractivity contribution in [2.24, 2.45) is 23.2 Å². The maximum Gasteiger partial charge on any atom is 0.119 e. The molecule has 34 heavy (non-hydrogen) atoms. The molecule has 3 aliphatic rings. The molecule has 0 spiro atoms. The normalized spacial score (nSPS) is 33.8. The molecule has 1 aromatic rings. The van der Waals surface area contributed by atoms with Gasteiger partial charge in [-0.2, -0.15) is 0 Å². The SMILES string of the molecule is C=C1[C@H](O)CC(=CC=C2CCCC3(C)C2CCC3[C@@H](C)COc2cccc(C(C)C)c2)C[C@H]1O. The van der Waals surface area contributed by atoms with E-state index in [1.54, 1.807) is 5.57 Å². The van der Waals surface area contributed by atoms with Gasteiger partial charge in [-0.25, -0.2) is 0 Å². The van der Waals surface area contributed by atoms with Gasteiger partial charge in [0.15, 0.2) is 0 Å². The number of fused-ring (bicyclic) bond motifs is 1. The Morgan fingerprint density at radius 3 is 2.56 bits per heavy atom. The minimum atomic E-state index is -0.622. The van der Waals surface area contributed by atoms with Gasteiger partial charge in [0.05, 0.1) is 18.8 Å². The minimum absolute atomic E-state index is 0.324. The fourth-order valence-electron chi connectivity index (χ4n) is 6.95. The van der Waals surface area contributed by atoms with Crippen molar-refractivity contribution in [3.05, 3.63) is 65.3 Å². The summed E-state index contributed by atoms with van der Waals surface area (Å²) in [6.45, 7) is 13.9. The largest absolute Gasteiger partial charge is 0.493 e. The summed E-state index contributed by atoms with van der Waals surface area (Å²) >= 11 is 0. The zero-order valence-electron chi connectivity index (χ0n) is 21.6. The standard InChI is InChI=1S/C31H44O3/c1-20(2)25-8-6-10-26(18-25)34-19-21(3)27-13-14-28-24(9-7-15-31(27,28)5)12-11-23-16-29(32)22(4)30(33)17-23/h6,8,10-12,18,20-21,27-30,32-33H,4,7,9,13-17,19H2,1-3,5H3/t21-,27?,28?,29+,30+,31?/m0/s1. The number of hydrogen-bond donors (Lipinski definition) is 2. The fraction of sp³-hybridized carbons (Fsp3) is 0.613. The van der Waals surface area contributed by atoms with E-state index in [0.717, 1.165) is 17.9 Å². The van der Waals surface area contributed by atoms with Gasteiger partial charge in [0, 0.05) is 0 Å². The van der Waals surface area contributed by atoms with Gasteiger partial charge in [0.1, 0.15) is 5.75 Å². The van der Waals surface area contributed by atoms with Crippen LogP contribution in [0.25, 0.3) is 0 Å². The Morgan fingerprint density at radius 2 is 1.85 bits per heavy atom. The van der Waals surface area contributed by atoms with Crippen molar-refractivity contribution < 1.29 is 14.9 Å². The lowest BCUT2D eigenvalue weighted by atomic mass is 9.61. The first-order valence-electron chi connectivity index (χ1n) is 13.3. The Bertz CT molecular complexity index is 926. The molecule has 3 unspecified atom stereocenters. The van der Waals surface area contributed by atoms with E-state index in [1.165, 1.54) is 37.7 Å². The monoisotopic (exact) mass is 464 g/mol. The first-order chi connectivity index (χ1) is 16.2. The summed E-state index contributed by atoms with van der Waals surface area (Å²) < 4.78 is 6.30. The number of allylic oxidation sites excluding steroid dienone is 3. The van der Waals surface area contributed by atoms with Crippen molar-refractivity contribution in [1.82, 2.24) is 0 Å². The number of ether oxygens (including phenoxy) is 1. The molecule has 6 atom stereocenters. The molecule has 0 saturated heterocycles. The van der Waals surface area contributed by atoms with Gasteiger partial charge < -0.3 is 14.9 Å². The van der Waals surface area contributed by atoms with Crippen LogP contribution in [0.5, 0.6) is 5.75 Å². The maximum atomic E-state index is 10.2. The van der Waals surface area contributed by atoms with Crippen molar-refractivity contribution in [2.75, 3.05) is 6.61 Å². The average molecular weight is 465 g/mol. The number of hydrogen-bond acceptors (Lipinski definition) is 3. The van der Waals surface area contributed by atoms with Gasteiger partial charge in [-0.3, -0.25) is 0 Å². The minimum Gasteiger partial charge on any atom is -0.493 e. The molecule has 3 nitrogen and oxygen atoms in total. The number of benzene rings is 1. The Hall–Kier alpha value is -1.84. The van der Waals surface area contributed by atoms with E-state index in [-0.39, 0.29) is 0 Å². The van der Waals surface area contributed by atoms with Gasteiger partial charge in [0.25, 0.3) is 0 Å². The lowest BCUT2D eigenvalue weighted by Crippen LogP contribution is -2.37. The Morgan fingerprint density at radius 1 is 1.12 bits per heavy atom. The summed E-state index contributed by atoms with van der Waals surface area (Å²) in [6.07, 6.45) is 10.7. The molecule has 0 heterocycles. The van der Waals surface area contributed by atoms with Crippen LogP contribution >= 0.6 is 0 Å². The number of aliphatic hydroxyl groups excluding tert-OH is 2. The lowest BCUT2D eigenvalue weighted by molar-refractivity contribution is 0.0746. The average Bonchev–Trinajstić information content (AvgIpc) is 3.17. The molecule has 3 fully saturated rings. The summed E-state index contributed by atoms with van der Waals surface area (Å²) in [5, 5.41) is 20.4. The molecule has 186 valence electrons. The van der Waals surface area contributed by atoms with Crippen molar-refractivity contribution in [3.63, 3.8) is 0 Å². The maximum absolute atomic E-state index is 10.2. The van der Waals surface area contributed by atoms with Crippen LogP contribution in [0.15, 0.2) is 59.7 Å². The molecule has 1 aromatic carbocycles. The smallest absolute Gasteiger partial charge is 0.119 e. The zero-order chi connectivity index (χ0) is 24.5. The van der Waals surface area contributed by atoms with Crippen LogP contribution in [0.3, 0.4) is 0 Å². The summed E-state index contributed by atoms with van der Waals surface area (Å²) in [7, 11) is 0. The molecule has 0 aliphatic heterocycles. The molecule has 3 aliphatic carbocycles.